The van der Waals surface area contributed by atoms with Gasteiger partial charge in [-0.1, -0.05) is 0 Å². The molecule has 0 fully saturated rings. The summed E-state index contributed by atoms with van der Waals surface area (Å²) in [7, 11) is 1.36. The van der Waals surface area contributed by atoms with Gasteiger partial charge in [0.15, 0.2) is 0 Å². The molecule has 0 aliphatic carbocycles. The summed E-state index contributed by atoms with van der Waals surface area (Å²) in [5.74, 6) is -0.295. The van der Waals surface area contributed by atoms with Crippen molar-refractivity contribution in [1.82, 2.24) is 0 Å². The molecule has 1 unspecified atom stereocenters. The molecule has 0 aromatic heterocycles. The Bertz CT molecular complexity index is 152. The summed E-state index contributed by atoms with van der Waals surface area (Å²) in [6.45, 7) is 1.90. The molecule has 10 heavy (non-hydrogen) atoms. The van der Waals surface area contributed by atoms with Gasteiger partial charge in [0.1, 0.15) is 0 Å². The Labute approximate surface area is 73.8 Å². The summed E-state index contributed by atoms with van der Waals surface area (Å²) in [4.78, 5) is 10.7. The van der Waals surface area contributed by atoms with Crippen LogP contribution in [-0.2, 0) is 9.53 Å². The van der Waals surface area contributed by atoms with Crippen molar-refractivity contribution >= 4 is 28.6 Å². The van der Waals surface area contributed by atoms with Gasteiger partial charge < -0.3 is 10.5 Å². The van der Waals surface area contributed by atoms with Crippen molar-refractivity contribution in [2.45, 2.75) is 13.0 Å². The van der Waals surface area contributed by atoms with Crippen LogP contribution in [0.3, 0.4) is 0 Å². The van der Waals surface area contributed by atoms with E-state index in [1.54, 1.807) is 6.08 Å². The van der Waals surface area contributed by atoms with Gasteiger partial charge in [-0.2, -0.15) is 0 Å². The maximum absolute atomic E-state index is 10.7. The number of ether oxygens (including phenoxy) is 1. The maximum Gasteiger partial charge on any atom is 0.368 e. The van der Waals surface area contributed by atoms with E-state index in [-0.39, 0.29) is 12.0 Å². The van der Waals surface area contributed by atoms with Crippen molar-refractivity contribution in [3.63, 3.8) is 0 Å². The molecular weight excluding hydrogens is 245 g/mol. The van der Waals surface area contributed by atoms with Crippen molar-refractivity contribution < 1.29 is 15.3 Å². The Balaban J connectivity index is 3.96. The SMILES string of the molecule is COC(=O)C([NH3+])/C=C(\C)I. The molecule has 0 saturated heterocycles. The number of hydrogen-bond acceptors (Lipinski definition) is 2. The molecule has 0 rings (SSSR count). The lowest BCUT2D eigenvalue weighted by Gasteiger charge is -1.99. The lowest BCUT2D eigenvalue weighted by Crippen LogP contribution is -2.64. The first-order valence-corrected chi connectivity index (χ1v) is 3.90. The molecule has 0 aromatic carbocycles. The molecule has 0 amide bonds. The Morgan fingerprint density at radius 3 is 2.60 bits per heavy atom. The highest BCUT2D eigenvalue weighted by atomic mass is 127. The Hall–Kier alpha value is -0.100. The smallest absolute Gasteiger partial charge is 0.368 e. The molecule has 4 heteroatoms. The first-order chi connectivity index (χ1) is 4.57. The summed E-state index contributed by atoms with van der Waals surface area (Å²) in [5.41, 5.74) is 3.59. The van der Waals surface area contributed by atoms with E-state index in [0.717, 1.165) is 3.58 Å². The standard InChI is InChI=1S/C6H10INO2/c1-4(7)3-5(8)6(9)10-2/h3,5H,8H2,1-2H3/p+1/b4-3+. The van der Waals surface area contributed by atoms with Crippen molar-refractivity contribution in [2.75, 3.05) is 7.11 Å². The number of hydrogen-bond donors (Lipinski definition) is 1. The Kier molecular flexibility index (Phi) is 4.63. The highest BCUT2D eigenvalue weighted by Crippen LogP contribution is 2.03. The van der Waals surface area contributed by atoms with Gasteiger partial charge in [0.2, 0.25) is 6.04 Å². The minimum Gasteiger partial charge on any atom is -0.464 e. The fraction of sp³-hybridized carbons (Fsp3) is 0.500. The maximum atomic E-state index is 10.7. The number of carbonyl (C=O) groups excluding carboxylic acids is 1. The summed E-state index contributed by atoms with van der Waals surface area (Å²) in [6.07, 6.45) is 1.76. The third-order valence-electron chi connectivity index (χ3n) is 0.935. The molecule has 0 aromatic rings. The van der Waals surface area contributed by atoms with Crippen LogP contribution in [0.25, 0.3) is 0 Å². The first kappa shape index (κ1) is 9.90. The summed E-state index contributed by atoms with van der Waals surface area (Å²) in [5, 5.41) is 0. The van der Waals surface area contributed by atoms with E-state index in [9.17, 15) is 4.79 Å². The quantitative estimate of drug-likeness (QED) is 0.563. The predicted octanol–water partition coefficient (Wildman–Crippen LogP) is 0.109. The highest BCUT2D eigenvalue weighted by molar-refractivity contribution is 14.1. The minimum atomic E-state index is -0.373. The zero-order chi connectivity index (χ0) is 8.15. The molecule has 3 nitrogen and oxygen atoms in total. The van der Waals surface area contributed by atoms with E-state index < -0.39 is 0 Å². The van der Waals surface area contributed by atoms with Gasteiger partial charge in [0, 0.05) is 0 Å². The largest absolute Gasteiger partial charge is 0.464 e. The third kappa shape index (κ3) is 3.84. The zero-order valence-corrected chi connectivity index (χ0v) is 8.21. The van der Waals surface area contributed by atoms with E-state index in [0.29, 0.717) is 0 Å². The second kappa shape index (κ2) is 4.68. The van der Waals surface area contributed by atoms with Crippen molar-refractivity contribution in [1.29, 1.82) is 0 Å². The highest BCUT2D eigenvalue weighted by Gasteiger charge is 2.13. The van der Waals surface area contributed by atoms with E-state index in [1.807, 2.05) is 6.92 Å². The molecule has 0 bridgehead atoms. The van der Waals surface area contributed by atoms with Crippen molar-refractivity contribution in [3.8, 4) is 0 Å². The van der Waals surface area contributed by atoms with Gasteiger partial charge in [-0.15, -0.1) is 0 Å². The number of quaternary nitrogens is 1. The molecule has 1 atom stereocenters. The van der Waals surface area contributed by atoms with Crippen LogP contribution in [0, 0.1) is 0 Å². The second-order valence-electron chi connectivity index (χ2n) is 1.88. The second-order valence-corrected chi connectivity index (χ2v) is 3.58. The summed E-state index contributed by atoms with van der Waals surface area (Å²) >= 11 is 2.12. The molecule has 0 saturated carbocycles. The van der Waals surface area contributed by atoms with E-state index in [4.69, 9.17) is 0 Å². The number of methoxy groups -OCH3 is 1. The average Bonchev–Trinajstić information content (AvgIpc) is 1.85. The number of allylic oxidation sites excluding steroid dienone is 1. The van der Waals surface area contributed by atoms with Crippen LogP contribution in [0.1, 0.15) is 6.92 Å². The van der Waals surface area contributed by atoms with Crippen LogP contribution in [0.15, 0.2) is 9.66 Å². The van der Waals surface area contributed by atoms with Crippen LogP contribution in [0.5, 0.6) is 0 Å². The monoisotopic (exact) mass is 256 g/mol. The molecule has 0 aliphatic heterocycles. The predicted molar refractivity (Wildman–Crippen MR) is 46.5 cm³/mol. The normalized spacial score (nSPS) is 14.6. The molecule has 0 aliphatic rings. The van der Waals surface area contributed by atoms with Crippen LogP contribution in [0.2, 0.25) is 0 Å². The van der Waals surface area contributed by atoms with Crippen LogP contribution >= 0.6 is 22.6 Å². The Morgan fingerprint density at radius 2 is 2.30 bits per heavy atom. The molecule has 58 valence electrons. The van der Waals surface area contributed by atoms with E-state index in [1.165, 1.54) is 7.11 Å². The first-order valence-electron chi connectivity index (χ1n) is 2.82. The van der Waals surface area contributed by atoms with E-state index >= 15 is 0 Å². The average molecular weight is 256 g/mol. The van der Waals surface area contributed by atoms with Crippen LogP contribution < -0.4 is 5.73 Å². The van der Waals surface area contributed by atoms with Gasteiger partial charge in [0.05, 0.1) is 7.11 Å². The topological polar surface area (TPSA) is 53.9 Å². The fourth-order valence-electron chi connectivity index (χ4n) is 0.497. The minimum absolute atomic E-state index is 0.295. The van der Waals surface area contributed by atoms with E-state index in [2.05, 4.69) is 33.1 Å². The van der Waals surface area contributed by atoms with Gasteiger partial charge in [-0.05, 0) is 39.2 Å². The summed E-state index contributed by atoms with van der Waals surface area (Å²) < 4.78 is 5.51. The van der Waals surface area contributed by atoms with Crippen molar-refractivity contribution in [2.24, 2.45) is 0 Å². The number of carbonyl (C=O) groups is 1. The third-order valence-corrected chi connectivity index (χ3v) is 1.29. The lowest BCUT2D eigenvalue weighted by molar-refractivity contribution is -0.392. The number of esters is 1. The van der Waals surface area contributed by atoms with Gasteiger partial charge in [-0.25, -0.2) is 4.79 Å². The summed E-state index contributed by atoms with van der Waals surface area (Å²) in [6, 6.07) is -0.373. The lowest BCUT2D eigenvalue weighted by atomic mass is 10.3. The molecule has 0 radical (unpaired) electrons. The van der Waals surface area contributed by atoms with Gasteiger partial charge >= 0.3 is 5.97 Å². The van der Waals surface area contributed by atoms with Crippen molar-refractivity contribution in [3.05, 3.63) is 9.66 Å². The molecule has 0 spiro atoms. The Morgan fingerprint density at radius 1 is 1.80 bits per heavy atom. The molecule has 0 heterocycles. The number of rotatable bonds is 2. The zero-order valence-electron chi connectivity index (χ0n) is 6.06. The molecule has 3 N–H and O–H groups in total. The van der Waals surface area contributed by atoms with Crippen LogP contribution in [0.4, 0.5) is 0 Å². The van der Waals surface area contributed by atoms with Gasteiger partial charge in [-0.3, -0.25) is 0 Å². The fourth-order valence-corrected chi connectivity index (χ4v) is 0.931. The number of halogens is 1. The van der Waals surface area contributed by atoms with Gasteiger partial charge in [0.25, 0.3) is 0 Å². The molecular formula is C6H11INO2+. The van der Waals surface area contributed by atoms with Crippen LogP contribution in [-0.4, -0.2) is 19.1 Å².